The number of hydrogen-bond donors (Lipinski definition) is 0. The van der Waals surface area contributed by atoms with Crippen LogP contribution >= 0.6 is 0 Å². The first-order valence-electron chi connectivity index (χ1n) is 9.55. The highest BCUT2D eigenvalue weighted by Gasteiger charge is 2.05. The first-order valence-corrected chi connectivity index (χ1v) is 9.55. The molecule has 0 unspecified atom stereocenters. The van der Waals surface area contributed by atoms with E-state index < -0.39 is 0 Å². The maximum atomic E-state index is 4.77. The maximum Gasteiger partial charge on any atom is 0.0666 e. The van der Waals surface area contributed by atoms with E-state index in [4.69, 9.17) is 5.10 Å². The number of hydrogen-bond acceptors (Lipinski definition) is 3. The minimum atomic E-state index is 0.735. The van der Waals surface area contributed by atoms with Gasteiger partial charge in [-0.05, 0) is 49.2 Å². The smallest absolute Gasteiger partial charge is 0.0666 e. The standard InChI is InChI=1S/C24H27N3/c1-3-26(4-2)23-17-15-21(16-18-23)19-25-27(24-13-9-6-10-14-24)20-22-11-7-5-8-12-22/h5-19H,3-4,20H2,1-2H3/b25-19+. The van der Waals surface area contributed by atoms with Gasteiger partial charge in [0.25, 0.3) is 0 Å². The van der Waals surface area contributed by atoms with Crippen molar-refractivity contribution in [3.8, 4) is 0 Å². The summed E-state index contributed by atoms with van der Waals surface area (Å²) < 4.78 is 0. The molecule has 0 amide bonds. The highest BCUT2D eigenvalue weighted by atomic mass is 15.4. The predicted octanol–water partition coefficient (Wildman–Crippen LogP) is 5.57. The zero-order valence-electron chi connectivity index (χ0n) is 16.1. The third-order valence-electron chi connectivity index (χ3n) is 4.60. The molecule has 0 N–H and O–H groups in total. The molecule has 138 valence electrons. The lowest BCUT2D eigenvalue weighted by Crippen LogP contribution is -2.21. The number of benzene rings is 3. The van der Waals surface area contributed by atoms with E-state index >= 15 is 0 Å². The molecule has 3 rings (SSSR count). The van der Waals surface area contributed by atoms with E-state index in [2.05, 4.69) is 79.4 Å². The number of anilines is 2. The molecule has 0 aliphatic heterocycles. The van der Waals surface area contributed by atoms with Gasteiger partial charge >= 0.3 is 0 Å². The Bertz CT molecular complexity index is 823. The van der Waals surface area contributed by atoms with Crippen LogP contribution in [0.25, 0.3) is 0 Å². The average Bonchev–Trinajstić information content (AvgIpc) is 2.74. The molecule has 0 aliphatic rings. The summed E-state index contributed by atoms with van der Waals surface area (Å²) >= 11 is 0. The van der Waals surface area contributed by atoms with Gasteiger partial charge in [-0.15, -0.1) is 0 Å². The lowest BCUT2D eigenvalue weighted by Gasteiger charge is -2.21. The molecule has 0 bridgehead atoms. The fourth-order valence-electron chi connectivity index (χ4n) is 3.05. The molecule has 3 nitrogen and oxygen atoms in total. The Morgan fingerprint density at radius 3 is 1.89 bits per heavy atom. The SMILES string of the molecule is CCN(CC)c1ccc(/C=N/N(Cc2ccccc2)c2ccccc2)cc1. The molecule has 27 heavy (non-hydrogen) atoms. The second kappa shape index (κ2) is 9.58. The molecule has 0 aliphatic carbocycles. The van der Waals surface area contributed by atoms with Gasteiger partial charge in [0, 0.05) is 18.8 Å². The lowest BCUT2D eigenvalue weighted by atomic mass is 10.2. The van der Waals surface area contributed by atoms with Crippen molar-refractivity contribution in [3.63, 3.8) is 0 Å². The van der Waals surface area contributed by atoms with E-state index in [1.165, 1.54) is 11.3 Å². The van der Waals surface area contributed by atoms with Crippen molar-refractivity contribution < 1.29 is 0 Å². The second-order valence-corrected chi connectivity index (χ2v) is 6.39. The van der Waals surface area contributed by atoms with E-state index in [0.717, 1.165) is 30.9 Å². The van der Waals surface area contributed by atoms with Crippen LogP contribution in [0.3, 0.4) is 0 Å². The Kier molecular flexibility index (Phi) is 6.64. The summed E-state index contributed by atoms with van der Waals surface area (Å²) in [6.07, 6.45) is 1.93. The first kappa shape index (κ1) is 18.7. The van der Waals surface area contributed by atoms with Crippen LogP contribution in [0.2, 0.25) is 0 Å². The van der Waals surface area contributed by atoms with Crippen molar-refractivity contribution >= 4 is 17.6 Å². The van der Waals surface area contributed by atoms with E-state index in [1.54, 1.807) is 0 Å². The monoisotopic (exact) mass is 357 g/mol. The lowest BCUT2D eigenvalue weighted by molar-refractivity contribution is 0.858. The van der Waals surface area contributed by atoms with Gasteiger partial charge in [0.05, 0.1) is 18.4 Å². The van der Waals surface area contributed by atoms with Crippen molar-refractivity contribution in [3.05, 3.63) is 96.1 Å². The molecule has 0 heterocycles. The van der Waals surface area contributed by atoms with Crippen molar-refractivity contribution in [2.45, 2.75) is 20.4 Å². The molecule has 0 saturated carbocycles. The van der Waals surface area contributed by atoms with Gasteiger partial charge in [0.1, 0.15) is 0 Å². The summed E-state index contributed by atoms with van der Waals surface area (Å²) in [6.45, 7) is 7.13. The first-order chi connectivity index (χ1) is 13.3. The Hall–Kier alpha value is -3.07. The van der Waals surface area contributed by atoms with Crippen LogP contribution in [0.1, 0.15) is 25.0 Å². The van der Waals surface area contributed by atoms with Crippen LogP contribution in [0.4, 0.5) is 11.4 Å². The molecule has 0 spiro atoms. The minimum absolute atomic E-state index is 0.735. The van der Waals surface area contributed by atoms with Gasteiger partial charge in [-0.3, -0.25) is 5.01 Å². The fraction of sp³-hybridized carbons (Fsp3) is 0.208. The fourth-order valence-corrected chi connectivity index (χ4v) is 3.05. The Morgan fingerprint density at radius 1 is 0.704 bits per heavy atom. The highest BCUT2D eigenvalue weighted by Crippen LogP contribution is 2.18. The average molecular weight is 358 g/mol. The number of nitrogens with zero attached hydrogens (tertiary/aromatic N) is 3. The summed E-state index contributed by atoms with van der Waals surface area (Å²) in [7, 11) is 0. The summed E-state index contributed by atoms with van der Waals surface area (Å²) in [5, 5.41) is 6.80. The number of hydrazone groups is 1. The topological polar surface area (TPSA) is 18.8 Å². The van der Waals surface area contributed by atoms with Crippen LogP contribution in [0.15, 0.2) is 90.0 Å². The number of rotatable bonds is 8. The van der Waals surface area contributed by atoms with E-state index in [0.29, 0.717) is 0 Å². The van der Waals surface area contributed by atoms with Crippen molar-refractivity contribution in [1.82, 2.24) is 0 Å². The Labute approximate surface area is 162 Å². The van der Waals surface area contributed by atoms with Gasteiger partial charge in [-0.25, -0.2) is 0 Å². The quantitative estimate of drug-likeness (QED) is 0.387. The normalized spacial score (nSPS) is 10.9. The molecule has 3 aromatic rings. The van der Waals surface area contributed by atoms with Crippen LogP contribution in [0.5, 0.6) is 0 Å². The molecule has 3 heteroatoms. The van der Waals surface area contributed by atoms with Gasteiger partial charge in [-0.1, -0.05) is 60.7 Å². The minimum Gasteiger partial charge on any atom is -0.372 e. The Morgan fingerprint density at radius 2 is 1.30 bits per heavy atom. The maximum absolute atomic E-state index is 4.77. The molecule has 0 radical (unpaired) electrons. The summed E-state index contributed by atoms with van der Waals surface area (Å²) in [4.78, 5) is 2.34. The third-order valence-corrected chi connectivity index (χ3v) is 4.60. The molecule has 0 fully saturated rings. The highest BCUT2D eigenvalue weighted by molar-refractivity contribution is 5.81. The molecule has 0 aromatic heterocycles. The van der Waals surface area contributed by atoms with Crippen LogP contribution < -0.4 is 9.91 Å². The summed E-state index contributed by atoms with van der Waals surface area (Å²) in [5.41, 5.74) is 4.66. The molecular weight excluding hydrogens is 330 g/mol. The molecule has 3 aromatic carbocycles. The van der Waals surface area contributed by atoms with Crippen LogP contribution in [0, 0.1) is 0 Å². The van der Waals surface area contributed by atoms with Gasteiger partial charge in [0.2, 0.25) is 0 Å². The van der Waals surface area contributed by atoms with Gasteiger partial charge < -0.3 is 4.90 Å². The zero-order chi connectivity index (χ0) is 18.9. The van der Waals surface area contributed by atoms with Crippen molar-refractivity contribution in [1.29, 1.82) is 0 Å². The second-order valence-electron chi connectivity index (χ2n) is 6.39. The zero-order valence-corrected chi connectivity index (χ0v) is 16.1. The Balaban J connectivity index is 1.79. The van der Waals surface area contributed by atoms with E-state index in [1.807, 2.05) is 35.5 Å². The van der Waals surface area contributed by atoms with Gasteiger partial charge in [0.15, 0.2) is 0 Å². The summed E-state index contributed by atoms with van der Waals surface area (Å²) in [5.74, 6) is 0. The van der Waals surface area contributed by atoms with Gasteiger partial charge in [-0.2, -0.15) is 5.10 Å². The van der Waals surface area contributed by atoms with Crippen molar-refractivity contribution in [2.24, 2.45) is 5.10 Å². The van der Waals surface area contributed by atoms with Crippen LogP contribution in [-0.2, 0) is 6.54 Å². The molecule has 0 saturated heterocycles. The molecular formula is C24H27N3. The third kappa shape index (κ3) is 5.20. The largest absolute Gasteiger partial charge is 0.372 e. The van der Waals surface area contributed by atoms with Crippen molar-refractivity contribution in [2.75, 3.05) is 23.0 Å². The van der Waals surface area contributed by atoms with E-state index in [9.17, 15) is 0 Å². The predicted molar refractivity (Wildman–Crippen MR) is 117 cm³/mol. The van der Waals surface area contributed by atoms with E-state index in [-0.39, 0.29) is 0 Å². The summed E-state index contributed by atoms with van der Waals surface area (Å²) in [6, 6.07) is 29.3. The van der Waals surface area contributed by atoms with Crippen LogP contribution in [-0.4, -0.2) is 19.3 Å². The molecule has 0 atom stereocenters. The number of para-hydroxylation sites is 1.